The van der Waals surface area contributed by atoms with Crippen LogP contribution in [0.3, 0.4) is 0 Å². The van der Waals surface area contributed by atoms with Gasteiger partial charge < -0.3 is 25.0 Å². The van der Waals surface area contributed by atoms with Crippen molar-refractivity contribution >= 4 is 23.5 Å². The number of nitrogens with zero attached hydrogens (tertiary/aromatic N) is 2. The van der Waals surface area contributed by atoms with Crippen molar-refractivity contribution in [3.8, 4) is 11.5 Å². The number of rotatable bonds is 7. The number of hydrogen-bond donors (Lipinski definition) is 2. The van der Waals surface area contributed by atoms with E-state index in [1.165, 1.54) is 14.2 Å². The number of benzene rings is 1. The molecule has 2 fully saturated rings. The molecular weight excluding hydrogens is 376 g/mol. The fourth-order valence-electron chi connectivity index (χ4n) is 3.87. The van der Waals surface area contributed by atoms with Crippen molar-refractivity contribution < 1.29 is 23.9 Å². The van der Waals surface area contributed by atoms with Gasteiger partial charge in [0.25, 0.3) is 5.91 Å². The fourth-order valence-corrected chi connectivity index (χ4v) is 3.87. The van der Waals surface area contributed by atoms with E-state index in [-0.39, 0.29) is 12.5 Å². The summed E-state index contributed by atoms with van der Waals surface area (Å²) < 4.78 is 10.4. The van der Waals surface area contributed by atoms with Crippen LogP contribution in [-0.2, 0) is 9.59 Å². The molecule has 0 aromatic heterocycles. The Labute approximate surface area is 170 Å². The highest BCUT2D eigenvalue weighted by atomic mass is 16.5. The SMILES string of the molecule is CCCN1CCC2(CC1)NC(=O)N(CC(=O)Nc1ccc(OC)cc1OC)C2=O. The van der Waals surface area contributed by atoms with Gasteiger partial charge in [-0.2, -0.15) is 0 Å². The van der Waals surface area contributed by atoms with Crippen molar-refractivity contribution in [2.45, 2.75) is 31.7 Å². The summed E-state index contributed by atoms with van der Waals surface area (Å²) in [4.78, 5) is 41.2. The average molecular weight is 404 g/mol. The molecule has 1 spiro atoms. The van der Waals surface area contributed by atoms with Crippen LogP contribution in [-0.4, -0.2) is 73.6 Å². The summed E-state index contributed by atoms with van der Waals surface area (Å²) in [5, 5.41) is 5.52. The molecule has 0 aliphatic carbocycles. The van der Waals surface area contributed by atoms with E-state index in [9.17, 15) is 14.4 Å². The van der Waals surface area contributed by atoms with Crippen molar-refractivity contribution in [3.63, 3.8) is 0 Å². The van der Waals surface area contributed by atoms with Gasteiger partial charge >= 0.3 is 6.03 Å². The Kier molecular flexibility index (Phi) is 6.26. The summed E-state index contributed by atoms with van der Waals surface area (Å²) in [6, 6.07) is 4.45. The number of methoxy groups -OCH3 is 2. The minimum absolute atomic E-state index is 0.324. The third kappa shape index (κ3) is 4.29. The lowest BCUT2D eigenvalue weighted by Gasteiger charge is -2.37. The highest BCUT2D eigenvalue weighted by Crippen LogP contribution is 2.31. The molecule has 2 aliphatic rings. The molecule has 158 valence electrons. The molecule has 0 bridgehead atoms. The first-order chi connectivity index (χ1) is 13.9. The predicted molar refractivity (Wildman–Crippen MR) is 107 cm³/mol. The highest BCUT2D eigenvalue weighted by molar-refractivity contribution is 6.10. The minimum atomic E-state index is -0.889. The van der Waals surface area contributed by atoms with Crippen LogP contribution in [0.15, 0.2) is 18.2 Å². The highest BCUT2D eigenvalue weighted by Gasteiger charge is 2.52. The lowest BCUT2D eigenvalue weighted by Crippen LogP contribution is -2.55. The Morgan fingerprint density at radius 2 is 1.93 bits per heavy atom. The van der Waals surface area contributed by atoms with Crippen LogP contribution in [0.25, 0.3) is 0 Å². The Balaban J connectivity index is 1.64. The zero-order valence-electron chi connectivity index (χ0n) is 17.1. The number of likely N-dealkylation sites (tertiary alicyclic amines) is 1. The van der Waals surface area contributed by atoms with Crippen LogP contribution in [0.5, 0.6) is 11.5 Å². The average Bonchev–Trinajstić information content (AvgIpc) is 2.94. The molecule has 3 rings (SSSR count). The first kappa shape index (κ1) is 20.9. The van der Waals surface area contributed by atoms with E-state index in [2.05, 4.69) is 22.5 Å². The van der Waals surface area contributed by atoms with Crippen LogP contribution >= 0.6 is 0 Å². The van der Waals surface area contributed by atoms with E-state index in [4.69, 9.17) is 9.47 Å². The number of anilines is 1. The normalized spacial score (nSPS) is 18.7. The number of nitrogens with one attached hydrogen (secondary N) is 2. The minimum Gasteiger partial charge on any atom is -0.497 e. The number of urea groups is 1. The number of ether oxygens (including phenoxy) is 2. The van der Waals surface area contributed by atoms with E-state index in [1.807, 2.05) is 0 Å². The predicted octanol–water partition coefficient (Wildman–Crippen LogP) is 1.44. The smallest absolute Gasteiger partial charge is 0.325 e. The van der Waals surface area contributed by atoms with Crippen LogP contribution in [0.2, 0.25) is 0 Å². The lowest BCUT2D eigenvalue weighted by molar-refractivity contribution is -0.135. The van der Waals surface area contributed by atoms with Gasteiger partial charge in [-0.15, -0.1) is 0 Å². The monoisotopic (exact) mass is 404 g/mol. The lowest BCUT2D eigenvalue weighted by atomic mass is 9.87. The number of imide groups is 1. The molecule has 9 heteroatoms. The second-order valence-electron chi connectivity index (χ2n) is 7.36. The van der Waals surface area contributed by atoms with E-state index in [0.717, 1.165) is 31.0 Å². The van der Waals surface area contributed by atoms with Crippen molar-refractivity contribution in [1.29, 1.82) is 0 Å². The van der Waals surface area contributed by atoms with E-state index in [0.29, 0.717) is 30.0 Å². The zero-order chi connectivity index (χ0) is 21.0. The molecule has 9 nitrogen and oxygen atoms in total. The molecule has 0 radical (unpaired) electrons. The molecule has 0 atom stereocenters. The molecule has 1 aromatic carbocycles. The maximum atomic E-state index is 13.0. The van der Waals surface area contributed by atoms with Crippen molar-refractivity contribution in [3.05, 3.63) is 18.2 Å². The number of amides is 4. The molecule has 29 heavy (non-hydrogen) atoms. The molecule has 2 heterocycles. The molecule has 0 unspecified atom stereocenters. The Morgan fingerprint density at radius 3 is 2.55 bits per heavy atom. The summed E-state index contributed by atoms with van der Waals surface area (Å²) in [6.07, 6.45) is 2.17. The molecule has 1 aromatic rings. The second-order valence-corrected chi connectivity index (χ2v) is 7.36. The van der Waals surface area contributed by atoms with Gasteiger partial charge in [0.05, 0.1) is 19.9 Å². The van der Waals surface area contributed by atoms with Gasteiger partial charge in [-0.25, -0.2) is 4.79 Å². The molecular formula is C20H28N4O5. The molecule has 0 saturated carbocycles. The summed E-state index contributed by atoms with van der Waals surface area (Å²) in [7, 11) is 3.02. The molecule has 2 saturated heterocycles. The van der Waals surface area contributed by atoms with Gasteiger partial charge in [-0.05, 0) is 37.9 Å². The Hall–Kier alpha value is -2.81. The Morgan fingerprint density at radius 1 is 1.21 bits per heavy atom. The van der Waals surface area contributed by atoms with Gasteiger partial charge in [0.15, 0.2) is 0 Å². The quantitative estimate of drug-likeness (QED) is 0.667. The van der Waals surface area contributed by atoms with Crippen molar-refractivity contribution in [2.24, 2.45) is 0 Å². The van der Waals surface area contributed by atoms with E-state index >= 15 is 0 Å². The molecule has 4 amide bonds. The van der Waals surface area contributed by atoms with Crippen LogP contribution in [0.4, 0.5) is 10.5 Å². The summed E-state index contributed by atoms with van der Waals surface area (Å²) in [5.41, 5.74) is -0.452. The van der Waals surface area contributed by atoms with Crippen LogP contribution < -0.4 is 20.1 Å². The van der Waals surface area contributed by atoms with Gasteiger partial charge in [0, 0.05) is 19.2 Å². The molecule has 2 N–H and O–H groups in total. The third-order valence-electron chi connectivity index (χ3n) is 5.48. The third-order valence-corrected chi connectivity index (χ3v) is 5.48. The number of hydrogen-bond acceptors (Lipinski definition) is 6. The topological polar surface area (TPSA) is 100 Å². The van der Waals surface area contributed by atoms with Crippen molar-refractivity contribution in [1.82, 2.24) is 15.1 Å². The summed E-state index contributed by atoms with van der Waals surface area (Å²) >= 11 is 0. The fraction of sp³-hybridized carbons (Fsp3) is 0.550. The number of carbonyl (C=O) groups excluding carboxylic acids is 3. The summed E-state index contributed by atoms with van der Waals surface area (Å²) in [5.74, 6) is 0.216. The second kappa shape index (κ2) is 8.69. The largest absolute Gasteiger partial charge is 0.497 e. The van der Waals surface area contributed by atoms with Gasteiger partial charge in [0.2, 0.25) is 5.91 Å². The first-order valence-electron chi connectivity index (χ1n) is 9.81. The Bertz CT molecular complexity index is 789. The zero-order valence-corrected chi connectivity index (χ0v) is 17.1. The first-order valence-corrected chi connectivity index (χ1v) is 9.81. The van der Waals surface area contributed by atoms with Crippen molar-refractivity contribution in [2.75, 3.05) is 45.7 Å². The van der Waals surface area contributed by atoms with Crippen LogP contribution in [0.1, 0.15) is 26.2 Å². The number of carbonyl (C=O) groups is 3. The van der Waals surface area contributed by atoms with E-state index in [1.54, 1.807) is 18.2 Å². The maximum Gasteiger partial charge on any atom is 0.325 e. The van der Waals surface area contributed by atoms with Gasteiger partial charge in [-0.1, -0.05) is 6.92 Å². The van der Waals surface area contributed by atoms with Crippen LogP contribution in [0, 0.1) is 0 Å². The van der Waals surface area contributed by atoms with Gasteiger partial charge in [0.1, 0.15) is 23.6 Å². The van der Waals surface area contributed by atoms with E-state index < -0.39 is 17.5 Å². The standard InChI is InChI=1S/C20H28N4O5/c1-4-9-23-10-7-20(8-11-23)18(26)24(19(27)22-20)13-17(25)21-15-6-5-14(28-2)12-16(15)29-3/h5-6,12H,4,7-11,13H2,1-3H3,(H,21,25)(H,22,27). The number of piperidine rings is 1. The summed E-state index contributed by atoms with van der Waals surface area (Å²) in [6.45, 7) is 4.26. The maximum absolute atomic E-state index is 13.0. The molecule has 2 aliphatic heterocycles. The van der Waals surface area contributed by atoms with Gasteiger partial charge in [-0.3, -0.25) is 14.5 Å².